The first-order valence-corrected chi connectivity index (χ1v) is 4.70. The Bertz CT molecular complexity index is 225. The molecule has 0 heterocycles. The van der Waals surface area contributed by atoms with Crippen molar-refractivity contribution in [3.05, 3.63) is 0 Å². The van der Waals surface area contributed by atoms with Crippen LogP contribution in [0.2, 0.25) is 0 Å². The van der Waals surface area contributed by atoms with E-state index < -0.39 is 17.7 Å². The van der Waals surface area contributed by atoms with Crippen LogP contribution in [0.15, 0.2) is 0 Å². The molecule has 0 aromatic heterocycles. The van der Waals surface area contributed by atoms with E-state index in [1.165, 1.54) is 0 Å². The number of alkyl halides is 3. The van der Waals surface area contributed by atoms with Crippen LogP contribution >= 0.6 is 0 Å². The first-order chi connectivity index (χ1) is 6.40. The van der Waals surface area contributed by atoms with E-state index in [9.17, 15) is 18.0 Å². The quantitative estimate of drug-likeness (QED) is 0.700. The number of rotatable bonds is 2. The molecule has 0 bridgehead atoms. The van der Waals surface area contributed by atoms with Gasteiger partial charge in [-0.2, -0.15) is 0 Å². The molecule has 5 heteroatoms. The molecule has 1 unspecified atom stereocenters. The fraction of sp³-hybridized carbons (Fsp3) is 0.889. The molecule has 0 amide bonds. The van der Waals surface area contributed by atoms with Crippen molar-refractivity contribution < 1.29 is 22.7 Å². The summed E-state index contributed by atoms with van der Waals surface area (Å²) in [5.41, 5.74) is -1.60. The maximum atomic E-state index is 12.1. The molecule has 14 heavy (non-hydrogen) atoms. The van der Waals surface area contributed by atoms with Crippen molar-refractivity contribution in [3.8, 4) is 0 Å². The first-order valence-electron chi connectivity index (χ1n) is 4.70. The van der Waals surface area contributed by atoms with Crippen LogP contribution in [-0.2, 0) is 9.53 Å². The Morgan fingerprint density at radius 1 is 1.43 bits per heavy atom. The van der Waals surface area contributed by atoms with Crippen molar-refractivity contribution in [3.63, 3.8) is 0 Å². The minimum Gasteiger partial charge on any atom is -0.296 e. The fourth-order valence-electron chi connectivity index (χ4n) is 1.84. The van der Waals surface area contributed by atoms with Crippen molar-refractivity contribution in [2.45, 2.75) is 51.0 Å². The molecule has 1 rings (SSSR count). The Balaban J connectivity index is 2.78. The second kappa shape index (κ2) is 3.88. The third kappa shape index (κ3) is 2.47. The Morgan fingerprint density at radius 2 is 2.07 bits per heavy atom. The molecule has 1 aliphatic carbocycles. The third-order valence-corrected chi connectivity index (χ3v) is 2.62. The van der Waals surface area contributed by atoms with Crippen LogP contribution in [0, 0.1) is 0 Å². The van der Waals surface area contributed by atoms with E-state index in [2.05, 4.69) is 4.74 Å². The minimum atomic E-state index is -4.72. The van der Waals surface area contributed by atoms with E-state index >= 15 is 0 Å². The Labute approximate surface area is 80.4 Å². The van der Waals surface area contributed by atoms with Crippen molar-refractivity contribution in [2.75, 3.05) is 0 Å². The lowest BCUT2D eigenvalue weighted by Gasteiger charge is -2.34. The molecular formula is C9H13F3O2. The van der Waals surface area contributed by atoms with Gasteiger partial charge < -0.3 is 0 Å². The summed E-state index contributed by atoms with van der Waals surface area (Å²) in [6, 6.07) is 0. The maximum absolute atomic E-state index is 12.1. The van der Waals surface area contributed by atoms with Gasteiger partial charge >= 0.3 is 6.36 Å². The first kappa shape index (κ1) is 11.5. The molecule has 1 fully saturated rings. The van der Waals surface area contributed by atoms with Crippen molar-refractivity contribution in [1.82, 2.24) is 0 Å². The van der Waals surface area contributed by atoms with Gasteiger partial charge in [0.15, 0.2) is 5.78 Å². The Morgan fingerprint density at radius 3 is 2.50 bits per heavy atom. The molecule has 2 nitrogen and oxygen atoms in total. The third-order valence-electron chi connectivity index (χ3n) is 2.62. The summed E-state index contributed by atoms with van der Waals surface area (Å²) in [5, 5.41) is 0. The summed E-state index contributed by atoms with van der Waals surface area (Å²) in [6.07, 6.45) is -2.96. The normalized spacial score (nSPS) is 29.3. The molecular weight excluding hydrogens is 197 g/mol. The molecule has 0 aromatic rings. The molecule has 1 saturated carbocycles. The zero-order valence-electron chi connectivity index (χ0n) is 7.99. The fourth-order valence-corrected chi connectivity index (χ4v) is 1.84. The number of ether oxygens (including phenoxy) is 1. The molecule has 0 spiro atoms. The van der Waals surface area contributed by atoms with Crippen LogP contribution in [0.3, 0.4) is 0 Å². The van der Waals surface area contributed by atoms with Crippen LogP contribution in [0.1, 0.15) is 39.0 Å². The number of carbonyl (C=O) groups is 1. The molecule has 0 N–H and O–H groups in total. The number of hydrogen-bond acceptors (Lipinski definition) is 2. The smallest absolute Gasteiger partial charge is 0.296 e. The van der Waals surface area contributed by atoms with Crippen molar-refractivity contribution in [2.24, 2.45) is 0 Å². The Hall–Kier alpha value is -0.580. The second-order valence-corrected chi connectivity index (χ2v) is 3.53. The van der Waals surface area contributed by atoms with E-state index in [1.807, 2.05) is 0 Å². The standard InChI is InChI=1S/C9H13F3O2/c1-2-8(14-9(10,11)12)6-4-3-5-7(8)13/h2-6H2,1H3. The number of Topliss-reactive ketones (excluding diaryl/α,β-unsaturated/α-hetero) is 1. The van der Waals surface area contributed by atoms with Crippen LogP contribution in [0.4, 0.5) is 13.2 Å². The average Bonchev–Trinajstić information content (AvgIpc) is 2.07. The summed E-state index contributed by atoms with van der Waals surface area (Å²) in [5.74, 6) is -0.413. The van der Waals surface area contributed by atoms with Gasteiger partial charge in [0.25, 0.3) is 0 Å². The number of hydrogen-bond donors (Lipinski definition) is 0. The SMILES string of the molecule is CCC1(OC(F)(F)F)CCCCC1=O. The van der Waals surface area contributed by atoms with Gasteiger partial charge in [-0.05, 0) is 25.7 Å². The molecule has 0 saturated heterocycles. The Kier molecular flexibility index (Phi) is 3.19. The lowest BCUT2D eigenvalue weighted by Crippen LogP contribution is -2.46. The molecule has 1 atom stereocenters. The monoisotopic (exact) mass is 210 g/mol. The number of carbonyl (C=O) groups excluding carboxylic acids is 1. The van der Waals surface area contributed by atoms with Crippen LogP contribution < -0.4 is 0 Å². The van der Waals surface area contributed by atoms with Gasteiger partial charge in [0, 0.05) is 6.42 Å². The van der Waals surface area contributed by atoms with Gasteiger partial charge in [-0.25, -0.2) is 0 Å². The number of halogens is 3. The summed E-state index contributed by atoms with van der Waals surface area (Å²) in [4.78, 5) is 11.4. The van der Waals surface area contributed by atoms with E-state index in [0.717, 1.165) is 0 Å². The van der Waals surface area contributed by atoms with Crippen LogP contribution in [0.5, 0.6) is 0 Å². The highest BCUT2D eigenvalue weighted by Gasteiger charge is 2.47. The maximum Gasteiger partial charge on any atom is 0.523 e. The van der Waals surface area contributed by atoms with Crippen molar-refractivity contribution in [1.29, 1.82) is 0 Å². The highest BCUT2D eigenvalue weighted by molar-refractivity contribution is 5.88. The minimum absolute atomic E-state index is 0.0886. The van der Waals surface area contributed by atoms with Gasteiger partial charge in [-0.15, -0.1) is 13.2 Å². The summed E-state index contributed by atoms with van der Waals surface area (Å²) in [7, 11) is 0. The van der Waals surface area contributed by atoms with E-state index in [-0.39, 0.29) is 19.3 Å². The number of ketones is 1. The van der Waals surface area contributed by atoms with Gasteiger partial charge in [0.05, 0.1) is 0 Å². The van der Waals surface area contributed by atoms with E-state index in [1.54, 1.807) is 6.92 Å². The van der Waals surface area contributed by atoms with Crippen LogP contribution in [0.25, 0.3) is 0 Å². The predicted octanol–water partition coefficient (Wildman–Crippen LogP) is 2.81. The summed E-state index contributed by atoms with van der Waals surface area (Å²) < 4.78 is 40.2. The largest absolute Gasteiger partial charge is 0.523 e. The van der Waals surface area contributed by atoms with Crippen LogP contribution in [-0.4, -0.2) is 17.7 Å². The zero-order chi connectivity index (χ0) is 10.8. The molecule has 0 radical (unpaired) electrons. The van der Waals surface area contributed by atoms with Crippen molar-refractivity contribution >= 4 is 5.78 Å². The molecule has 82 valence electrons. The summed E-state index contributed by atoms with van der Waals surface area (Å²) in [6.45, 7) is 1.55. The van der Waals surface area contributed by atoms with E-state index in [4.69, 9.17) is 0 Å². The van der Waals surface area contributed by atoms with E-state index in [0.29, 0.717) is 12.8 Å². The molecule has 0 aliphatic heterocycles. The van der Waals surface area contributed by atoms with Gasteiger partial charge in [0.1, 0.15) is 5.60 Å². The van der Waals surface area contributed by atoms with Gasteiger partial charge in [0.2, 0.25) is 0 Å². The zero-order valence-corrected chi connectivity index (χ0v) is 7.99. The molecule has 0 aromatic carbocycles. The average molecular weight is 210 g/mol. The predicted molar refractivity (Wildman–Crippen MR) is 43.6 cm³/mol. The summed E-state index contributed by atoms with van der Waals surface area (Å²) >= 11 is 0. The highest BCUT2D eigenvalue weighted by Crippen LogP contribution is 2.36. The van der Waals surface area contributed by atoms with Gasteiger partial charge in [-0.1, -0.05) is 6.92 Å². The second-order valence-electron chi connectivity index (χ2n) is 3.53. The lowest BCUT2D eigenvalue weighted by atomic mass is 9.81. The lowest BCUT2D eigenvalue weighted by molar-refractivity contribution is -0.361. The van der Waals surface area contributed by atoms with Gasteiger partial charge in [-0.3, -0.25) is 9.53 Å². The molecule has 1 aliphatic rings. The topological polar surface area (TPSA) is 26.3 Å². The highest BCUT2D eigenvalue weighted by atomic mass is 19.4.